The lowest BCUT2D eigenvalue weighted by molar-refractivity contribution is -0.149. The molecule has 1 aromatic heterocycles. The van der Waals surface area contributed by atoms with E-state index in [1.165, 1.54) is 6.92 Å². The minimum atomic E-state index is -1.09. The molecular formula is C12H15FN2O6. The van der Waals surface area contributed by atoms with Crippen molar-refractivity contribution in [2.75, 3.05) is 19.8 Å². The molecule has 2 rings (SSSR count). The summed E-state index contributed by atoms with van der Waals surface area (Å²) >= 11 is 0. The van der Waals surface area contributed by atoms with Crippen molar-refractivity contribution in [1.82, 2.24) is 9.55 Å². The van der Waals surface area contributed by atoms with Crippen molar-refractivity contribution in [3.05, 3.63) is 32.9 Å². The van der Waals surface area contributed by atoms with E-state index in [4.69, 9.17) is 14.2 Å². The van der Waals surface area contributed by atoms with E-state index in [1.54, 1.807) is 0 Å². The van der Waals surface area contributed by atoms with Crippen LogP contribution in [-0.2, 0) is 19.0 Å². The molecule has 1 aliphatic rings. The molecule has 0 radical (unpaired) electrons. The van der Waals surface area contributed by atoms with E-state index >= 15 is 0 Å². The number of carbonyl (C=O) groups excluding carboxylic acids is 1. The fourth-order valence-corrected chi connectivity index (χ4v) is 1.91. The number of aromatic nitrogens is 2. The molecule has 116 valence electrons. The SMILES string of the molecule is CC(=O)OC[C@H]1COCC[C@H](n2cc(F)c(=O)[nH]c2=O)O1. The molecule has 0 amide bonds. The molecule has 0 bridgehead atoms. The molecule has 9 heteroatoms. The summed E-state index contributed by atoms with van der Waals surface area (Å²) in [5.74, 6) is -1.55. The molecular weight excluding hydrogens is 287 g/mol. The molecule has 0 spiro atoms. The van der Waals surface area contributed by atoms with Crippen LogP contribution in [-0.4, -0.2) is 41.4 Å². The van der Waals surface area contributed by atoms with Crippen molar-refractivity contribution < 1.29 is 23.4 Å². The first kappa shape index (κ1) is 15.4. The van der Waals surface area contributed by atoms with Crippen LogP contribution in [0, 0.1) is 5.82 Å². The topological polar surface area (TPSA) is 99.6 Å². The summed E-state index contributed by atoms with van der Waals surface area (Å²) in [6, 6.07) is 0. The van der Waals surface area contributed by atoms with Gasteiger partial charge < -0.3 is 14.2 Å². The van der Waals surface area contributed by atoms with Gasteiger partial charge in [-0.15, -0.1) is 0 Å². The molecule has 0 aliphatic carbocycles. The Balaban J connectivity index is 2.18. The molecule has 0 saturated carbocycles. The Morgan fingerprint density at radius 1 is 1.57 bits per heavy atom. The van der Waals surface area contributed by atoms with Crippen LogP contribution in [0.4, 0.5) is 4.39 Å². The second kappa shape index (κ2) is 6.64. The van der Waals surface area contributed by atoms with Crippen LogP contribution in [0.5, 0.6) is 0 Å². The number of nitrogens with one attached hydrogen (secondary N) is 1. The van der Waals surface area contributed by atoms with Crippen LogP contribution >= 0.6 is 0 Å². The number of nitrogens with zero attached hydrogens (tertiary/aromatic N) is 1. The number of aromatic amines is 1. The Labute approximate surface area is 118 Å². The van der Waals surface area contributed by atoms with Gasteiger partial charge in [0.2, 0.25) is 5.82 Å². The number of hydrogen-bond acceptors (Lipinski definition) is 6. The van der Waals surface area contributed by atoms with Gasteiger partial charge in [-0.05, 0) is 0 Å². The highest BCUT2D eigenvalue weighted by atomic mass is 19.1. The van der Waals surface area contributed by atoms with E-state index in [0.717, 1.165) is 10.8 Å². The lowest BCUT2D eigenvalue weighted by atomic mass is 10.3. The first-order chi connectivity index (χ1) is 9.97. The maximum atomic E-state index is 13.3. The maximum Gasteiger partial charge on any atom is 0.330 e. The van der Waals surface area contributed by atoms with Gasteiger partial charge >= 0.3 is 11.7 Å². The minimum absolute atomic E-state index is 0.0353. The van der Waals surface area contributed by atoms with Gasteiger partial charge in [0.25, 0.3) is 5.56 Å². The summed E-state index contributed by atoms with van der Waals surface area (Å²) in [6.07, 6.45) is -0.308. The lowest BCUT2D eigenvalue weighted by Crippen LogP contribution is -2.36. The standard InChI is InChI=1S/C12H15FN2O6/c1-7(16)20-6-8-5-19-3-2-10(21-8)15-4-9(13)11(17)14-12(15)18/h4,8,10H,2-3,5-6H2,1H3,(H,14,17,18)/t8-,10-/m1/s1. The average Bonchev–Trinajstić information content (AvgIpc) is 2.66. The van der Waals surface area contributed by atoms with E-state index in [9.17, 15) is 18.8 Å². The molecule has 0 aromatic carbocycles. The van der Waals surface area contributed by atoms with E-state index in [0.29, 0.717) is 6.42 Å². The fourth-order valence-electron chi connectivity index (χ4n) is 1.91. The highest BCUT2D eigenvalue weighted by Gasteiger charge is 2.24. The Kier molecular flexibility index (Phi) is 4.86. The number of carbonyl (C=O) groups is 1. The lowest BCUT2D eigenvalue weighted by Gasteiger charge is -2.21. The second-order valence-corrected chi connectivity index (χ2v) is 4.52. The monoisotopic (exact) mass is 302 g/mol. The van der Waals surface area contributed by atoms with Gasteiger partial charge in [-0.2, -0.15) is 4.39 Å². The highest BCUT2D eigenvalue weighted by molar-refractivity contribution is 5.65. The number of ether oxygens (including phenoxy) is 3. The van der Waals surface area contributed by atoms with Crippen molar-refractivity contribution in [3.63, 3.8) is 0 Å². The third-order valence-corrected chi connectivity index (χ3v) is 2.87. The molecule has 8 nitrogen and oxygen atoms in total. The maximum absolute atomic E-state index is 13.3. The number of rotatable bonds is 3. The van der Waals surface area contributed by atoms with Crippen molar-refractivity contribution in [1.29, 1.82) is 0 Å². The van der Waals surface area contributed by atoms with Crippen molar-refractivity contribution in [2.45, 2.75) is 25.7 Å². The van der Waals surface area contributed by atoms with E-state index < -0.39 is 35.4 Å². The number of halogens is 1. The fraction of sp³-hybridized carbons (Fsp3) is 0.583. The van der Waals surface area contributed by atoms with Crippen LogP contribution in [0.1, 0.15) is 19.6 Å². The van der Waals surface area contributed by atoms with Gasteiger partial charge in [0.1, 0.15) is 18.9 Å². The summed E-state index contributed by atoms with van der Waals surface area (Å²) in [5.41, 5.74) is -1.86. The zero-order valence-electron chi connectivity index (χ0n) is 11.3. The molecule has 1 saturated heterocycles. The zero-order chi connectivity index (χ0) is 15.4. The zero-order valence-corrected chi connectivity index (χ0v) is 11.3. The molecule has 2 atom stereocenters. The predicted molar refractivity (Wildman–Crippen MR) is 67.3 cm³/mol. The smallest absolute Gasteiger partial charge is 0.330 e. The molecule has 1 aliphatic heterocycles. The highest BCUT2D eigenvalue weighted by Crippen LogP contribution is 2.18. The van der Waals surface area contributed by atoms with Gasteiger partial charge in [0.05, 0.1) is 19.4 Å². The summed E-state index contributed by atoms with van der Waals surface area (Å²) < 4.78 is 30.0. The number of H-pyrrole nitrogens is 1. The molecule has 1 aromatic rings. The average molecular weight is 302 g/mol. The molecule has 1 N–H and O–H groups in total. The van der Waals surface area contributed by atoms with Crippen molar-refractivity contribution in [3.8, 4) is 0 Å². The van der Waals surface area contributed by atoms with Gasteiger partial charge in [-0.25, -0.2) is 4.79 Å². The van der Waals surface area contributed by atoms with Crippen molar-refractivity contribution >= 4 is 5.97 Å². The quantitative estimate of drug-likeness (QED) is 0.759. The van der Waals surface area contributed by atoms with Gasteiger partial charge in [0, 0.05) is 13.3 Å². The largest absolute Gasteiger partial charge is 0.463 e. The molecule has 0 unspecified atom stereocenters. The van der Waals surface area contributed by atoms with Crippen LogP contribution in [0.2, 0.25) is 0 Å². The Hall–Kier alpha value is -2.00. The van der Waals surface area contributed by atoms with Crippen molar-refractivity contribution in [2.24, 2.45) is 0 Å². The van der Waals surface area contributed by atoms with Crippen LogP contribution in [0.3, 0.4) is 0 Å². The second-order valence-electron chi connectivity index (χ2n) is 4.52. The summed E-state index contributed by atoms with van der Waals surface area (Å²) in [6.45, 7) is 1.70. The minimum Gasteiger partial charge on any atom is -0.463 e. The van der Waals surface area contributed by atoms with Crippen LogP contribution < -0.4 is 11.2 Å². The van der Waals surface area contributed by atoms with Gasteiger partial charge in [-0.3, -0.25) is 19.1 Å². The van der Waals surface area contributed by atoms with E-state index in [1.807, 2.05) is 4.98 Å². The normalized spacial score (nSPS) is 22.6. The summed E-state index contributed by atoms with van der Waals surface area (Å²) in [4.78, 5) is 35.4. The van der Waals surface area contributed by atoms with E-state index in [2.05, 4.69) is 0 Å². The third-order valence-electron chi connectivity index (χ3n) is 2.87. The Morgan fingerprint density at radius 3 is 3.05 bits per heavy atom. The van der Waals surface area contributed by atoms with Crippen LogP contribution in [0.15, 0.2) is 15.8 Å². The third kappa shape index (κ3) is 3.99. The number of esters is 1. The predicted octanol–water partition coefficient (Wildman–Crippen LogP) is -0.457. The van der Waals surface area contributed by atoms with E-state index in [-0.39, 0.29) is 19.8 Å². The molecule has 21 heavy (non-hydrogen) atoms. The summed E-state index contributed by atoms with van der Waals surface area (Å²) in [5, 5.41) is 0. The Morgan fingerprint density at radius 2 is 2.33 bits per heavy atom. The first-order valence-corrected chi connectivity index (χ1v) is 6.35. The number of hydrogen-bond donors (Lipinski definition) is 1. The van der Waals surface area contributed by atoms with Gasteiger partial charge in [-0.1, -0.05) is 0 Å². The van der Waals surface area contributed by atoms with Gasteiger partial charge in [0.15, 0.2) is 0 Å². The van der Waals surface area contributed by atoms with Crippen LogP contribution in [0.25, 0.3) is 0 Å². The first-order valence-electron chi connectivity index (χ1n) is 6.35. The Bertz CT molecular complexity index is 625. The summed E-state index contributed by atoms with van der Waals surface area (Å²) in [7, 11) is 0. The molecule has 2 heterocycles. The molecule has 1 fully saturated rings.